The van der Waals surface area contributed by atoms with Gasteiger partial charge in [-0.1, -0.05) is 26.0 Å². The predicted molar refractivity (Wildman–Crippen MR) is 116 cm³/mol. The third kappa shape index (κ3) is 3.62. The number of hydrogen-bond acceptors (Lipinski definition) is 7. The molecule has 1 aliphatic heterocycles. The molecule has 0 saturated carbocycles. The number of benzene rings is 1. The molecule has 0 radical (unpaired) electrons. The molecule has 4 rings (SSSR count). The van der Waals surface area contributed by atoms with Gasteiger partial charge in [0.1, 0.15) is 11.6 Å². The largest absolute Gasteiger partial charge is 0.497 e. The van der Waals surface area contributed by atoms with Crippen molar-refractivity contribution in [1.29, 1.82) is 5.26 Å². The first-order chi connectivity index (χ1) is 15.3. The van der Waals surface area contributed by atoms with Crippen molar-refractivity contribution in [3.05, 3.63) is 76.6 Å². The number of furan rings is 1. The summed E-state index contributed by atoms with van der Waals surface area (Å²) in [6, 6.07) is 12.5. The highest BCUT2D eigenvalue weighted by Crippen LogP contribution is 2.48. The van der Waals surface area contributed by atoms with Crippen molar-refractivity contribution in [3.8, 4) is 11.8 Å². The molecule has 3 N–H and O–H groups in total. The molecule has 1 unspecified atom stereocenters. The number of rotatable bonds is 4. The van der Waals surface area contributed by atoms with E-state index in [9.17, 15) is 14.9 Å². The molecule has 32 heavy (non-hydrogen) atoms. The molecule has 2 heterocycles. The Labute approximate surface area is 185 Å². The second-order valence-electron chi connectivity index (χ2n) is 8.68. The molecule has 0 spiro atoms. The summed E-state index contributed by atoms with van der Waals surface area (Å²) in [6.45, 7) is 3.98. The van der Waals surface area contributed by atoms with E-state index in [1.54, 1.807) is 25.3 Å². The Morgan fingerprint density at radius 1 is 1.31 bits per heavy atom. The number of nitrogens with zero attached hydrogens (tertiary/aromatic N) is 2. The summed E-state index contributed by atoms with van der Waals surface area (Å²) in [7, 11) is 1.56. The lowest BCUT2D eigenvalue weighted by atomic mass is 9.69. The molecule has 1 atom stereocenters. The number of hydrogen-bond donors (Lipinski definition) is 2. The second kappa shape index (κ2) is 7.93. The molecule has 1 aromatic carbocycles. The van der Waals surface area contributed by atoms with E-state index in [2.05, 4.69) is 11.5 Å². The molecule has 0 bridgehead atoms. The Morgan fingerprint density at radius 3 is 2.75 bits per heavy atom. The Kier molecular flexibility index (Phi) is 5.26. The standard InChI is InChI=1S/C24H24N4O4/c1-24(2)11-17-21(18(29)12-24)20(14-6-4-7-15(10-14)31-3)16(13-25)22(26)28(17)27-23(30)19-8-5-9-32-19/h4-10,20H,11-12,26H2,1-3H3,(H,27,30). The molecule has 1 amide bonds. The molecule has 8 heteroatoms. The van der Waals surface area contributed by atoms with Crippen molar-refractivity contribution in [2.24, 2.45) is 11.1 Å². The smallest absolute Gasteiger partial charge is 0.305 e. The molecule has 2 aromatic rings. The lowest BCUT2D eigenvalue weighted by Gasteiger charge is -2.43. The summed E-state index contributed by atoms with van der Waals surface area (Å²) in [5.41, 5.74) is 10.8. The zero-order chi connectivity index (χ0) is 23.0. The van der Waals surface area contributed by atoms with E-state index < -0.39 is 11.8 Å². The van der Waals surface area contributed by atoms with Crippen LogP contribution in [0.1, 0.15) is 48.7 Å². The Hall–Kier alpha value is -3.99. The number of ether oxygens (including phenoxy) is 1. The predicted octanol–water partition coefficient (Wildman–Crippen LogP) is 3.37. The number of hydrazine groups is 1. The minimum atomic E-state index is -0.648. The molecule has 0 saturated heterocycles. The number of nitrogens with one attached hydrogen (secondary N) is 1. The normalized spacial score (nSPS) is 20.0. The van der Waals surface area contributed by atoms with Crippen molar-refractivity contribution in [2.75, 3.05) is 7.11 Å². The van der Waals surface area contributed by atoms with E-state index in [1.807, 2.05) is 26.0 Å². The van der Waals surface area contributed by atoms with Gasteiger partial charge in [-0.15, -0.1) is 0 Å². The highest BCUT2D eigenvalue weighted by molar-refractivity contribution is 6.00. The topological polar surface area (TPSA) is 122 Å². The fraction of sp³-hybridized carbons (Fsp3) is 0.292. The van der Waals surface area contributed by atoms with Crippen molar-refractivity contribution in [2.45, 2.75) is 32.6 Å². The van der Waals surface area contributed by atoms with E-state index in [-0.39, 0.29) is 28.4 Å². The van der Waals surface area contributed by atoms with Crippen molar-refractivity contribution in [1.82, 2.24) is 10.4 Å². The van der Waals surface area contributed by atoms with Crippen LogP contribution in [0.15, 0.2) is 69.7 Å². The van der Waals surface area contributed by atoms with Crippen LogP contribution >= 0.6 is 0 Å². The molecule has 1 aromatic heterocycles. The third-order valence-corrected chi connectivity index (χ3v) is 5.77. The zero-order valence-electron chi connectivity index (χ0n) is 18.1. The number of allylic oxidation sites excluding steroid dienone is 3. The zero-order valence-corrected chi connectivity index (χ0v) is 18.1. The van der Waals surface area contributed by atoms with E-state index >= 15 is 0 Å². The maximum Gasteiger partial charge on any atom is 0.305 e. The van der Waals surface area contributed by atoms with E-state index in [0.29, 0.717) is 29.9 Å². The van der Waals surface area contributed by atoms with Gasteiger partial charge in [-0.3, -0.25) is 15.0 Å². The summed E-state index contributed by atoms with van der Waals surface area (Å²) < 4.78 is 10.5. The van der Waals surface area contributed by atoms with E-state index in [4.69, 9.17) is 14.9 Å². The third-order valence-electron chi connectivity index (χ3n) is 5.77. The van der Waals surface area contributed by atoms with Crippen LogP contribution in [0.2, 0.25) is 0 Å². The van der Waals surface area contributed by atoms with Crippen molar-refractivity contribution < 1.29 is 18.7 Å². The first kappa shape index (κ1) is 21.2. The quantitative estimate of drug-likeness (QED) is 0.759. The summed E-state index contributed by atoms with van der Waals surface area (Å²) in [6.07, 6.45) is 2.21. The number of carbonyl (C=O) groups is 2. The van der Waals surface area contributed by atoms with Crippen LogP contribution in [0.3, 0.4) is 0 Å². The molecule has 0 fully saturated rings. The monoisotopic (exact) mass is 432 g/mol. The number of amides is 1. The van der Waals surface area contributed by atoms with Gasteiger partial charge in [-0.05, 0) is 41.7 Å². The first-order valence-electron chi connectivity index (χ1n) is 10.2. The van der Waals surface area contributed by atoms with Crippen LogP contribution in [0.4, 0.5) is 0 Å². The van der Waals surface area contributed by atoms with E-state index in [0.717, 1.165) is 5.56 Å². The minimum absolute atomic E-state index is 0.0736. The van der Waals surface area contributed by atoms with Gasteiger partial charge < -0.3 is 14.9 Å². The molecular weight excluding hydrogens is 408 g/mol. The van der Waals surface area contributed by atoms with E-state index in [1.165, 1.54) is 17.3 Å². The summed E-state index contributed by atoms with van der Waals surface area (Å²) in [5, 5.41) is 11.4. The second-order valence-corrected chi connectivity index (χ2v) is 8.68. The lowest BCUT2D eigenvalue weighted by molar-refractivity contribution is -0.118. The van der Waals surface area contributed by atoms with Gasteiger partial charge in [0, 0.05) is 12.0 Å². The van der Waals surface area contributed by atoms with Gasteiger partial charge in [0.05, 0.1) is 36.6 Å². The highest BCUT2D eigenvalue weighted by atomic mass is 16.5. The maximum absolute atomic E-state index is 13.4. The van der Waals surface area contributed by atoms with Gasteiger partial charge in [0.15, 0.2) is 11.5 Å². The van der Waals surface area contributed by atoms with Gasteiger partial charge >= 0.3 is 5.91 Å². The first-order valence-corrected chi connectivity index (χ1v) is 10.2. The number of ketones is 1. The van der Waals surface area contributed by atoms with Crippen molar-refractivity contribution in [3.63, 3.8) is 0 Å². The number of nitrogens with two attached hydrogens (primary N) is 1. The van der Waals surface area contributed by atoms with Crippen molar-refractivity contribution >= 4 is 11.7 Å². The summed E-state index contributed by atoms with van der Waals surface area (Å²) >= 11 is 0. The minimum Gasteiger partial charge on any atom is -0.497 e. The van der Waals surface area contributed by atoms with Crippen LogP contribution in [-0.4, -0.2) is 23.8 Å². The van der Waals surface area contributed by atoms with Crippen LogP contribution in [-0.2, 0) is 4.79 Å². The molecular formula is C24H24N4O4. The number of Topliss-reactive ketones (excluding diaryl/α,β-unsaturated/α-hetero) is 1. The average Bonchev–Trinajstić information content (AvgIpc) is 3.29. The van der Waals surface area contributed by atoms with Gasteiger partial charge in [0.25, 0.3) is 0 Å². The highest BCUT2D eigenvalue weighted by Gasteiger charge is 2.45. The van der Waals surface area contributed by atoms with Gasteiger partial charge in [-0.2, -0.15) is 5.26 Å². The van der Waals surface area contributed by atoms with Gasteiger partial charge in [-0.25, -0.2) is 5.01 Å². The molecule has 2 aliphatic rings. The Morgan fingerprint density at radius 2 is 2.09 bits per heavy atom. The summed E-state index contributed by atoms with van der Waals surface area (Å²) in [4.78, 5) is 26.1. The van der Waals surface area contributed by atoms with Gasteiger partial charge in [0.2, 0.25) is 0 Å². The van der Waals surface area contributed by atoms with Crippen LogP contribution in [0, 0.1) is 16.7 Å². The average molecular weight is 432 g/mol. The fourth-order valence-corrected chi connectivity index (χ4v) is 4.36. The Balaban J connectivity index is 1.88. The van der Waals surface area contributed by atoms with Crippen LogP contribution < -0.4 is 15.9 Å². The number of carbonyl (C=O) groups excluding carboxylic acids is 2. The SMILES string of the molecule is COc1cccc(C2C(C#N)=C(N)N(NC(=O)c3ccco3)C3=C2C(=O)CC(C)(C)C3)c1. The maximum atomic E-state index is 13.4. The number of nitriles is 1. The molecule has 8 nitrogen and oxygen atoms in total. The Bertz CT molecular complexity index is 1180. The molecule has 164 valence electrons. The lowest BCUT2D eigenvalue weighted by Crippen LogP contribution is -2.49. The van der Waals surface area contributed by atoms with Crippen LogP contribution in [0.25, 0.3) is 0 Å². The van der Waals surface area contributed by atoms with Crippen LogP contribution in [0.5, 0.6) is 5.75 Å². The number of methoxy groups -OCH3 is 1. The summed E-state index contributed by atoms with van der Waals surface area (Å²) in [5.74, 6) is -0.485. The fourth-order valence-electron chi connectivity index (χ4n) is 4.36. The molecule has 1 aliphatic carbocycles.